The third-order valence-electron chi connectivity index (χ3n) is 4.43. The van der Waals surface area contributed by atoms with E-state index < -0.39 is 0 Å². The average molecular weight is 335 g/mol. The molecule has 0 amide bonds. The van der Waals surface area contributed by atoms with Crippen LogP contribution in [0.2, 0.25) is 0 Å². The normalized spacial score (nSPS) is 10.8. The number of benzene rings is 2. The summed E-state index contributed by atoms with van der Waals surface area (Å²) < 4.78 is 12.8. The summed E-state index contributed by atoms with van der Waals surface area (Å²) in [5.74, 6) is 1.43. The Bertz CT molecular complexity index is 880. The maximum atomic E-state index is 5.44. The van der Waals surface area contributed by atoms with Gasteiger partial charge in [0.1, 0.15) is 0 Å². The maximum Gasteiger partial charge on any atom is 0.161 e. The van der Waals surface area contributed by atoms with E-state index in [-0.39, 0.29) is 0 Å². The van der Waals surface area contributed by atoms with Crippen LogP contribution in [0.15, 0.2) is 42.5 Å². The first-order chi connectivity index (χ1) is 12.1. The smallest absolute Gasteiger partial charge is 0.161 e. The quantitative estimate of drug-likeness (QED) is 0.686. The highest BCUT2D eigenvalue weighted by Gasteiger charge is 2.16. The third-order valence-corrected chi connectivity index (χ3v) is 4.43. The van der Waals surface area contributed by atoms with Gasteiger partial charge < -0.3 is 9.47 Å². The van der Waals surface area contributed by atoms with E-state index in [1.54, 1.807) is 14.2 Å². The van der Waals surface area contributed by atoms with E-state index in [1.165, 1.54) is 5.56 Å². The Morgan fingerprint density at radius 1 is 0.960 bits per heavy atom. The predicted molar refractivity (Wildman–Crippen MR) is 101 cm³/mol. The topological polar surface area (TPSA) is 36.3 Å². The second-order valence-corrected chi connectivity index (χ2v) is 5.94. The minimum atomic E-state index is 0.714. The molecule has 0 aliphatic carbocycles. The van der Waals surface area contributed by atoms with Gasteiger partial charge in [-0.05, 0) is 62.6 Å². The molecule has 4 heteroatoms. The first kappa shape index (κ1) is 17.1. The SMILES string of the molecule is [CH2]Cc1ccc(-n2nc(C)c(-c3ccc(OC)c(OC)c3)c2C)cc1. The van der Waals surface area contributed by atoms with E-state index in [2.05, 4.69) is 38.1 Å². The number of hydrogen-bond acceptors (Lipinski definition) is 3. The third kappa shape index (κ3) is 3.12. The molecule has 4 nitrogen and oxygen atoms in total. The van der Waals surface area contributed by atoms with Gasteiger partial charge in [-0.15, -0.1) is 0 Å². The van der Waals surface area contributed by atoms with Crippen molar-refractivity contribution in [3.63, 3.8) is 0 Å². The van der Waals surface area contributed by atoms with Crippen LogP contribution in [0, 0.1) is 20.8 Å². The van der Waals surface area contributed by atoms with Gasteiger partial charge in [0.05, 0.1) is 25.6 Å². The lowest BCUT2D eigenvalue weighted by Gasteiger charge is -2.10. The second-order valence-electron chi connectivity index (χ2n) is 5.94. The largest absolute Gasteiger partial charge is 0.493 e. The van der Waals surface area contributed by atoms with Crippen molar-refractivity contribution >= 4 is 0 Å². The fourth-order valence-corrected chi connectivity index (χ4v) is 3.11. The van der Waals surface area contributed by atoms with Gasteiger partial charge >= 0.3 is 0 Å². The summed E-state index contributed by atoms with van der Waals surface area (Å²) in [5.41, 5.74) is 6.50. The zero-order valence-electron chi connectivity index (χ0n) is 15.2. The molecule has 0 saturated heterocycles. The van der Waals surface area contributed by atoms with Gasteiger partial charge in [-0.1, -0.05) is 18.2 Å². The molecule has 0 saturated carbocycles. The maximum absolute atomic E-state index is 5.44. The molecular formula is C21H23N2O2. The van der Waals surface area contributed by atoms with Crippen molar-refractivity contribution in [2.45, 2.75) is 20.3 Å². The highest BCUT2D eigenvalue weighted by Crippen LogP contribution is 2.35. The molecule has 0 aliphatic heterocycles. The summed E-state index contributed by atoms with van der Waals surface area (Å²) in [5, 5.41) is 4.74. The monoisotopic (exact) mass is 335 g/mol. The molecule has 0 atom stereocenters. The number of methoxy groups -OCH3 is 2. The van der Waals surface area contributed by atoms with E-state index in [1.807, 2.05) is 29.8 Å². The van der Waals surface area contributed by atoms with Crippen LogP contribution in [-0.4, -0.2) is 24.0 Å². The number of hydrogen-bond donors (Lipinski definition) is 0. The Labute approximate surface area is 149 Å². The van der Waals surface area contributed by atoms with E-state index >= 15 is 0 Å². The fourth-order valence-electron chi connectivity index (χ4n) is 3.11. The van der Waals surface area contributed by atoms with Crippen molar-refractivity contribution in [1.29, 1.82) is 0 Å². The van der Waals surface area contributed by atoms with Crippen molar-refractivity contribution < 1.29 is 9.47 Å². The number of rotatable bonds is 5. The van der Waals surface area contributed by atoms with Crippen LogP contribution < -0.4 is 9.47 Å². The van der Waals surface area contributed by atoms with Crippen molar-refractivity contribution in [3.05, 3.63) is 66.3 Å². The molecule has 2 aromatic carbocycles. The first-order valence-electron chi connectivity index (χ1n) is 8.26. The van der Waals surface area contributed by atoms with Crippen LogP contribution in [0.3, 0.4) is 0 Å². The highest BCUT2D eigenvalue weighted by atomic mass is 16.5. The predicted octanol–water partition coefficient (Wildman–Crippen LogP) is 4.55. The van der Waals surface area contributed by atoms with Crippen LogP contribution in [0.25, 0.3) is 16.8 Å². The highest BCUT2D eigenvalue weighted by molar-refractivity contribution is 5.72. The molecule has 0 unspecified atom stereocenters. The van der Waals surface area contributed by atoms with Gasteiger partial charge in [-0.2, -0.15) is 5.10 Å². The lowest BCUT2D eigenvalue weighted by molar-refractivity contribution is 0.355. The van der Waals surface area contributed by atoms with Crippen molar-refractivity contribution in [2.75, 3.05) is 14.2 Å². The lowest BCUT2D eigenvalue weighted by atomic mass is 10.0. The molecule has 0 aliphatic rings. The second kappa shape index (κ2) is 7.01. The van der Waals surface area contributed by atoms with Gasteiger partial charge in [0.2, 0.25) is 0 Å². The molecule has 1 aromatic heterocycles. The molecule has 0 fully saturated rings. The molecule has 1 heterocycles. The molecule has 25 heavy (non-hydrogen) atoms. The molecule has 129 valence electrons. The molecular weight excluding hydrogens is 312 g/mol. The van der Waals surface area contributed by atoms with E-state index in [0.29, 0.717) is 5.75 Å². The van der Waals surface area contributed by atoms with Crippen molar-refractivity contribution in [1.82, 2.24) is 9.78 Å². The molecule has 0 spiro atoms. The minimum Gasteiger partial charge on any atom is -0.493 e. The average Bonchev–Trinajstić information content (AvgIpc) is 2.95. The lowest BCUT2D eigenvalue weighted by Crippen LogP contribution is -1.99. The van der Waals surface area contributed by atoms with Crippen LogP contribution >= 0.6 is 0 Å². The number of aryl methyl sites for hydroxylation is 1. The summed E-state index contributed by atoms with van der Waals surface area (Å²) in [6, 6.07) is 14.3. The van der Waals surface area contributed by atoms with E-state index in [9.17, 15) is 0 Å². The molecule has 1 radical (unpaired) electrons. The summed E-state index contributed by atoms with van der Waals surface area (Å²) in [6.07, 6.45) is 0.786. The molecule has 0 bridgehead atoms. The first-order valence-corrected chi connectivity index (χ1v) is 8.26. The van der Waals surface area contributed by atoms with Gasteiger partial charge in [0.15, 0.2) is 11.5 Å². The Balaban J connectivity index is 2.08. The van der Waals surface area contributed by atoms with E-state index in [4.69, 9.17) is 14.6 Å². The number of aromatic nitrogens is 2. The Kier molecular flexibility index (Phi) is 4.79. The van der Waals surface area contributed by atoms with Crippen LogP contribution in [0.4, 0.5) is 0 Å². The minimum absolute atomic E-state index is 0.714. The Hall–Kier alpha value is -2.75. The standard InChI is InChI=1S/C21H23N2O2/c1-6-16-7-10-18(11-8-16)23-15(3)21(14(2)22-23)17-9-12-19(24-4)20(13-17)25-5/h7-13H,1,6H2,2-5H3. The summed E-state index contributed by atoms with van der Waals surface area (Å²) in [7, 11) is 3.29. The summed E-state index contributed by atoms with van der Waals surface area (Å²) >= 11 is 0. The fraction of sp³-hybridized carbons (Fsp3) is 0.238. The molecule has 3 aromatic rings. The van der Waals surface area contributed by atoms with Crippen LogP contribution in [0.5, 0.6) is 11.5 Å². The van der Waals surface area contributed by atoms with Gasteiger partial charge in [-0.3, -0.25) is 0 Å². The van der Waals surface area contributed by atoms with Gasteiger partial charge in [0.25, 0.3) is 0 Å². The number of ether oxygens (including phenoxy) is 2. The van der Waals surface area contributed by atoms with Gasteiger partial charge in [-0.25, -0.2) is 4.68 Å². The molecule has 0 N–H and O–H groups in total. The van der Waals surface area contributed by atoms with Crippen molar-refractivity contribution in [2.24, 2.45) is 0 Å². The molecule has 3 rings (SSSR count). The Morgan fingerprint density at radius 2 is 1.64 bits per heavy atom. The van der Waals surface area contributed by atoms with Crippen LogP contribution in [-0.2, 0) is 6.42 Å². The summed E-state index contributed by atoms with van der Waals surface area (Å²) in [4.78, 5) is 0. The van der Waals surface area contributed by atoms with E-state index in [0.717, 1.165) is 40.4 Å². The number of nitrogens with zero attached hydrogens (tertiary/aromatic N) is 2. The van der Waals surface area contributed by atoms with Crippen LogP contribution in [0.1, 0.15) is 17.0 Å². The van der Waals surface area contributed by atoms with Crippen molar-refractivity contribution in [3.8, 4) is 28.3 Å². The summed E-state index contributed by atoms with van der Waals surface area (Å²) in [6.45, 7) is 8.03. The zero-order chi connectivity index (χ0) is 18.0. The van der Waals surface area contributed by atoms with Gasteiger partial charge in [0, 0.05) is 11.3 Å². The Morgan fingerprint density at radius 3 is 2.24 bits per heavy atom. The zero-order valence-corrected chi connectivity index (χ0v) is 15.2.